The molecule has 1 unspecified atom stereocenters. The fourth-order valence-corrected chi connectivity index (χ4v) is 1.86. The lowest BCUT2D eigenvalue weighted by Gasteiger charge is -2.41. The molecule has 0 aromatic carbocycles. The second-order valence-electron chi connectivity index (χ2n) is 6.00. The molecule has 0 bridgehead atoms. The van der Waals surface area contributed by atoms with Crippen LogP contribution in [0.4, 0.5) is 0 Å². The summed E-state index contributed by atoms with van der Waals surface area (Å²) in [5.74, 6) is 0. The molecule has 0 aromatic rings. The van der Waals surface area contributed by atoms with E-state index in [0.717, 1.165) is 0 Å². The van der Waals surface area contributed by atoms with Crippen LogP contribution in [0.3, 0.4) is 0 Å². The van der Waals surface area contributed by atoms with Crippen LogP contribution < -0.4 is 5.32 Å². The predicted octanol–water partition coefficient (Wildman–Crippen LogP) is 2.81. The van der Waals surface area contributed by atoms with Gasteiger partial charge in [-0.15, -0.1) is 0 Å². The third-order valence-electron chi connectivity index (χ3n) is 2.98. The van der Waals surface area contributed by atoms with E-state index in [1.54, 1.807) is 0 Å². The van der Waals surface area contributed by atoms with Gasteiger partial charge in [-0.25, -0.2) is 0 Å². The Morgan fingerprint density at radius 2 is 1.83 bits per heavy atom. The average molecular weight is 169 g/mol. The summed E-state index contributed by atoms with van der Waals surface area (Å²) >= 11 is 0. The van der Waals surface area contributed by atoms with E-state index in [-0.39, 0.29) is 0 Å². The van der Waals surface area contributed by atoms with Gasteiger partial charge in [0.1, 0.15) is 0 Å². The highest BCUT2D eigenvalue weighted by Gasteiger charge is 2.32. The smallest absolute Gasteiger partial charge is 0.0116 e. The van der Waals surface area contributed by atoms with E-state index in [1.165, 1.54) is 19.4 Å². The molecule has 1 nitrogen and oxygen atoms in total. The molecule has 1 heteroatoms. The SMILES string of the molecule is CC1(C)CCC(C(C)(C)C)NC1. The average Bonchev–Trinajstić information content (AvgIpc) is 1.83. The highest BCUT2D eigenvalue weighted by Crippen LogP contribution is 2.33. The van der Waals surface area contributed by atoms with Gasteiger partial charge in [0.05, 0.1) is 0 Å². The summed E-state index contributed by atoms with van der Waals surface area (Å²) in [5.41, 5.74) is 0.943. The van der Waals surface area contributed by atoms with E-state index in [0.29, 0.717) is 16.9 Å². The normalized spacial score (nSPS) is 30.2. The first-order valence-corrected chi connectivity index (χ1v) is 5.05. The maximum absolute atomic E-state index is 3.65. The quantitative estimate of drug-likeness (QED) is 0.588. The maximum Gasteiger partial charge on any atom is 0.0116 e. The predicted molar refractivity (Wildman–Crippen MR) is 54.3 cm³/mol. The lowest BCUT2D eigenvalue weighted by Crippen LogP contribution is -2.49. The third kappa shape index (κ3) is 2.48. The molecule has 1 rings (SSSR count). The van der Waals surface area contributed by atoms with Crippen molar-refractivity contribution in [3.8, 4) is 0 Å². The molecule has 1 aliphatic heterocycles. The fourth-order valence-electron chi connectivity index (χ4n) is 1.86. The van der Waals surface area contributed by atoms with Crippen molar-refractivity contribution in [1.82, 2.24) is 5.32 Å². The van der Waals surface area contributed by atoms with Crippen LogP contribution >= 0.6 is 0 Å². The number of hydrogen-bond donors (Lipinski definition) is 1. The molecule has 1 N–H and O–H groups in total. The van der Waals surface area contributed by atoms with Crippen molar-refractivity contribution >= 4 is 0 Å². The van der Waals surface area contributed by atoms with Crippen molar-refractivity contribution in [3.63, 3.8) is 0 Å². The topological polar surface area (TPSA) is 12.0 Å². The zero-order valence-electron chi connectivity index (χ0n) is 9.20. The summed E-state index contributed by atoms with van der Waals surface area (Å²) < 4.78 is 0. The molecular weight excluding hydrogens is 146 g/mol. The van der Waals surface area contributed by atoms with Gasteiger partial charge in [0, 0.05) is 12.6 Å². The van der Waals surface area contributed by atoms with E-state index in [1.807, 2.05) is 0 Å². The van der Waals surface area contributed by atoms with E-state index < -0.39 is 0 Å². The van der Waals surface area contributed by atoms with Gasteiger partial charge in [0.25, 0.3) is 0 Å². The Kier molecular flexibility index (Phi) is 2.53. The third-order valence-corrected chi connectivity index (χ3v) is 2.98. The van der Waals surface area contributed by atoms with Gasteiger partial charge < -0.3 is 5.32 Å². The summed E-state index contributed by atoms with van der Waals surface area (Å²) in [5, 5.41) is 3.65. The van der Waals surface area contributed by atoms with Crippen molar-refractivity contribution in [1.29, 1.82) is 0 Å². The van der Waals surface area contributed by atoms with Crippen LogP contribution in [0, 0.1) is 10.8 Å². The number of nitrogens with one attached hydrogen (secondary N) is 1. The van der Waals surface area contributed by atoms with Gasteiger partial charge in [-0.2, -0.15) is 0 Å². The van der Waals surface area contributed by atoms with E-state index in [2.05, 4.69) is 39.9 Å². The maximum atomic E-state index is 3.65. The minimum absolute atomic E-state index is 0.427. The first-order chi connectivity index (χ1) is 5.31. The van der Waals surface area contributed by atoms with Crippen LogP contribution in [0.15, 0.2) is 0 Å². The van der Waals surface area contributed by atoms with E-state index >= 15 is 0 Å². The number of hydrogen-bond acceptors (Lipinski definition) is 1. The second kappa shape index (κ2) is 3.02. The van der Waals surface area contributed by atoms with Crippen LogP contribution in [-0.2, 0) is 0 Å². The Hall–Kier alpha value is -0.0400. The lowest BCUT2D eigenvalue weighted by atomic mass is 9.75. The molecule has 0 saturated carbocycles. The molecule has 0 amide bonds. The van der Waals surface area contributed by atoms with Gasteiger partial charge in [-0.1, -0.05) is 34.6 Å². The minimum Gasteiger partial charge on any atom is -0.313 e. The van der Waals surface area contributed by atoms with E-state index in [9.17, 15) is 0 Å². The molecule has 72 valence electrons. The molecule has 0 aliphatic carbocycles. The highest BCUT2D eigenvalue weighted by atomic mass is 15.0. The Morgan fingerprint density at radius 3 is 2.17 bits per heavy atom. The van der Waals surface area contributed by atoms with Crippen molar-refractivity contribution in [2.75, 3.05) is 6.54 Å². The van der Waals surface area contributed by atoms with Crippen LogP contribution in [0.25, 0.3) is 0 Å². The summed E-state index contributed by atoms with van der Waals surface area (Å²) in [6.45, 7) is 12.8. The fraction of sp³-hybridized carbons (Fsp3) is 1.00. The zero-order valence-corrected chi connectivity index (χ0v) is 9.20. The minimum atomic E-state index is 0.427. The van der Waals surface area contributed by atoms with Crippen LogP contribution in [0.1, 0.15) is 47.5 Å². The molecule has 0 aromatic heterocycles. The molecule has 1 saturated heterocycles. The molecule has 0 spiro atoms. The highest BCUT2D eigenvalue weighted by molar-refractivity contribution is 4.89. The Balaban J connectivity index is 2.47. The van der Waals surface area contributed by atoms with Gasteiger partial charge >= 0.3 is 0 Å². The second-order valence-corrected chi connectivity index (χ2v) is 6.00. The molecule has 1 fully saturated rings. The van der Waals surface area contributed by atoms with Crippen LogP contribution in [-0.4, -0.2) is 12.6 Å². The first kappa shape index (κ1) is 10.0. The molecule has 1 heterocycles. The zero-order chi connectivity index (χ0) is 9.41. The van der Waals surface area contributed by atoms with Gasteiger partial charge in [-0.3, -0.25) is 0 Å². The van der Waals surface area contributed by atoms with Crippen molar-refractivity contribution in [3.05, 3.63) is 0 Å². The van der Waals surface area contributed by atoms with Crippen molar-refractivity contribution in [2.24, 2.45) is 10.8 Å². The van der Waals surface area contributed by atoms with Gasteiger partial charge in [-0.05, 0) is 23.7 Å². The van der Waals surface area contributed by atoms with Crippen molar-refractivity contribution < 1.29 is 0 Å². The summed E-state index contributed by atoms with van der Waals surface area (Å²) in [7, 11) is 0. The molecule has 0 radical (unpaired) electrons. The molecule has 12 heavy (non-hydrogen) atoms. The molecule has 1 aliphatic rings. The standard InChI is InChI=1S/C11H23N/c1-10(2,3)9-6-7-11(4,5)8-12-9/h9,12H,6-8H2,1-5H3. The molecular formula is C11H23N. The first-order valence-electron chi connectivity index (χ1n) is 5.05. The number of piperidine rings is 1. The van der Waals surface area contributed by atoms with Crippen LogP contribution in [0.2, 0.25) is 0 Å². The molecule has 1 atom stereocenters. The summed E-state index contributed by atoms with van der Waals surface area (Å²) in [6, 6.07) is 0.713. The Labute approximate surface area is 76.9 Å². The van der Waals surface area contributed by atoms with Crippen LogP contribution in [0.5, 0.6) is 0 Å². The van der Waals surface area contributed by atoms with Crippen molar-refractivity contribution in [2.45, 2.75) is 53.5 Å². The number of rotatable bonds is 0. The lowest BCUT2D eigenvalue weighted by molar-refractivity contribution is 0.150. The Bertz CT molecular complexity index is 143. The summed E-state index contributed by atoms with van der Waals surface area (Å²) in [6.07, 6.45) is 2.69. The monoisotopic (exact) mass is 169 g/mol. The van der Waals surface area contributed by atoms with Gasteiger partial charge in [0.15, 0.2) is 0 Å². The largest absolute Gasteiger partial charge is 0.313 e. The van der Waals surface area contributed by atoms with Gasteiger partial charge in [0.2, 0.25) is 0 Å². The summed E-state index contributed by atoms with van der Waals surface area (Å²) in [4.78, 5) is 0. The Morgan fingerprint density at radius 1 is 1.25 bits per heavy atom. The van der Waals surface area contributed by atoms with E-state index in [4.69, 9.17) is 0 Å².